The topological polar surface area (TPSA) is 118 Å². The third kappa shape index (κ3) is 6.38. The standard InChI is InChI=1S/C6H12N2O3S.C2HF3O2/c1-12(10,11)8-3-2-5(4-8)6(7)9;3-2(4,5)1(6)7/h5H,2-4H2,1H3,(H2,7,9);(H,6,7). The van der Waals surface area contributed by atoms with E-state index in [1.54, 1.807) is 0 Å². The number of amides is 1. The first-order chi connectivity index (χ1) is 8.35. The van der Waals surface area contributed by atoms with Crippen LogP contribution in [-0.4, -0.2) is 55.2 Å². The van der Waals surface area contributed by atoms with E-state index in [0.29, 0.717) is 13.0 Å². The van der Waals surface area contributed by atoms with Gasteiger partial charge in [0.1, 0.15) is 0 Å². The van der Waals surface area contributed by atoms with Crippen LogP contribution in [-0.2, 0) is 19.6 Å². The van der Waals surface area contributed by atoms with Gasteiger partial charge in [0.25, 0.3) is 0 Å². The Kier molecular flexibility index (Phi) is 5.75. The van der Waals surface area contributed by atoms with E-state index < -0.39 is 28.1 Å². The Morgan fingerprint density at radius 2 is 1.79 bits per heavy atom. The third-order valence-electron chi connectivity index (χ3n) is 2.26. The summed E-state index contributed by atoms with van der Waals surface area (Å²) in [5.41, 5.74) is 5.04. The summed E-state index contributed by atoms with van der Waals surface area (Å²) in [6, 6.07) is 0. The number of sulfonamides is 1. The molecule has 0 aromatic heterocycles. The van der Waals surface area contributed by atoms with Gasteiger partial charge in [0, 0.05) is 13.1 Å². The number of hydrogen-bond acceptors (Lipinski definition) is 4. The molecule has 1 aliphatic rings. The highest BCUT2D eigenvalue weighted by atomic mass is 32.2. The van der Waals surface area contributed by atoms with Crippen LogP contribution in [0.1, 0.15) is 6.42 Å². The lowest BCUT2D eigenvalue weighted by Gasteiger charge is -2.11. The molecule has 1 saturated heterocycles. The van der Waals surface area contributed by atoms with Crippen molar-refractivity contribution in [2.45, 2.75) is 12.6 Å². The van der Waals surface area contributed by atoms with Gasteiger partial charge in [-0.2, -0.15) is 13.2 Å². The van der Waals surface area contributed by atoms with Crippen LogP contribution in [0.3, 0.4) is 0 Å². The van der Waals surface area contributed by atoms with Gasteiger partial charge in [-0.3, -0.25) is 4.79 Å². The van der Waals surface area contributed by atoms with E-state index in [9.17, 15) is 26.4 Å². The maximum absolute atomic E-state index is 11.0. The number of carboxylic acid groups (broad SMARTS) is 1. The van der Waals surface area contributed by atoms with Crippen molar-refractivity contribution in [1.82, 2.24) is 4.31 Å². The molecule has 0 aromatic carbocycles. The van der Waals surface area contributed by atoms with Crippen LogP contribution in [0.25, 0.3) is 0 Å². The number of nitrogens with two attached hydrogens (primary N) is 1. The highest BCUT2D eigenvalue weighted by Gasteiger charge is 2.38. The van der Waals surface area contributed by atoms with Gasteiger partial charge >= 0.3 is 12.1 Å². The fourth-order valence-electron chi connectivity index (χ4n) is 1.26. The van der Waals surface area contributed by atoms with Crippen LogP contribution in [0.4, 0.5) is 13.2 Å². The average Bonchev–Trinajstić information content (AvgIpc) is 2.64. The predicted octanol–water partition coefficient (Wildman–Crippen LogP) is -0.613. The maximum atomic E-state index is 11.0. The molecule has 1 amide bonds. The average molecular weight is 306 g/mol. The normalized spacial score (nSPS) is 20.5. The van der Waals surface area contributed by atoms with E-state index in [4.69, 9.17) is 15.6 Å². The molecule has 1 atom stereocenters. The van der Waals surface area contributed by atoms with Crippen LogP contribution < -0.4 is 5.73 Å². The van der Waals surface area contributed by atoms with Crippen LogP contribution >= 0.6 is 0 Å². The zero-order valence-corrected chi connectivity index (χ0v) is 10.7. The molecule has 3 N–H and O–H groups in total. The van der Waals surface area contributed by atoms with Crippen molar-refractivity contribution >= 4 is 21.9 Å². The molecule has 1 heterocycles. The van der Waals surface area contributed by atoms with Crippen molar-refractivity contribution in [1.29, 1.82) is 0 Å². The monoisotopic (exact) mass is 306 g/mol. The molecule has 11 heteroatoms. The SMILES string of the molecule is CS(=O)(=O)N1CCC(C(N)=O)C1.O=C(O)C(F)(F)F. The zero-order chi connectivity index (χ0) is 15.4. The highest BCUT2D eigenvalue weighted by molar-refractivity contribution is 7.88. The molecule has 0 radical (unpaired) electrons. The predicted molar refractivity (Wildman–Crippen MR) is 57.4 cm³/mol. The van der Waals surface area contributed by atoms with Crippen molar-refractivity contribution in [2.24, 2.45) is 11.7 Å². The second-order valence-electron chi connectivity index (χ2n) is 3.81. The molecule has 0 saturated carbocycles. The first-order valence-electron chi connectivity index (χ1n) is 4.90. The summed E-state index contributed by atoms with van der Waals surface area (Å²) < 4.78 is 55.0. The van der Waals surface area contributed by atoms with E-state index in [1.165, 1.54) is 4.31 Å². The van der Waals surface area contributed by atoms with Gasteiger partial charge in [-0.25, -0.2) is 17.5 Å². The van der Waals surface area contributed by atoms with E-state index in [1.807, 2.05) is 0 Å². The Labute approximate surface area is 107 Å². The van der Waals surface area contributed by atoms with Gasteiger partial charge < -0.3 is 10.8 Å². The van der Waals surface area contributed by atoms with E-state index in [-0.39, 0.29) is 12.5 Å². The molecule has 1 rings (SSSR count). The summed E-state index contributed by atoms with van der Waals surface area (Å²) in [4.78, 5) is 19.6. The Morgan fingerprint density at radius 1 is 1.37 bits per heavy atom. The number of alkyl halides is 3. The molecule has 1 unspecified atom stereocenters. The van der Waals surface area contributed by atoms with Gasteiger partial charge in [0.2, 0.25) is 15.9 Å². The van der Waals surface area contributed by atoms with Crippen LogP contribution in [0.15, 0.2) is 0 Å². The fraction of sp³-hybridized carbons (Fsp3) is 0.750. The smallest absolute Gasteiger partial charge is 0.475 e. The number of nitrogens with zero attached hydrogens (tertiary/aromatic N) is 1. The summed E-state index contributed by atoms with van der Waals surface area (Å²) >= 11 is 0. The van der Waals surface area contributed by atoms with Gasteiger partial charge in [0.05, 0.1) is 12.2 Å². The lowest BCUT2D eigenvalue weighted by atomic mass is 10.1. The minimum absolute atomic E-state index is 0.244. The van der Waals surface area contributed by atoms with E-state index >= 15 is 0 Å². The molecule has 112 valence electrons. The first kappa shape index (κ1) is 17.6. The van der Waals surface area contributed by atoms with Crippen molar-refractivity contribution < 1.29 is 36.3 Å². The Hall–Kier alpha value is -1.36. The van der Waals surface area contributed by atoms with Crippen molar-refractivity contribution in [3.8, 4) is 0 Å². The van der Waals surface area contributed by atoms with Crippen LogP contribution in [0.2, 0.25) is 0 Å². The number of carbonyl (C=O) groups is 2. The number of carbonyl (C=O) groups excluding carboxylic acids is 1. The summed E-state index contributed by atoms with van der Waals surface area (Å²) in [6.45, 7) is 0.653. The number of carboxylic acids is 1. The molecule has 0 aliphatic carbocycles. The first-order valence-corrected chi connectivity index (χ1v) is 6.75. The number of rotatable bonds is 2. The molecular weight excluding hydrogens is 293 g/mol. The molecule has 0 spiro atoms. The van der Waals surface area contributed by atoms with Crippen LogP contribution in [0, 0.1) is 5.92 Å². The Morgan fingerprint density at radius 3 is 1.95 bits per heavy atom. The molecule has 1 aliphatic heterocycles. The Balaban J connectivity index is 0.000000399. The second kappa shape index (κ2) is 6.19. The van der Waals surface area contributed by atoms with E-state index in [2.05, 4.69) is 0 Å². The summed E-state index contributed by atoms with van der Waals surface area (Å²) in [7, 11) is -3.14. The van der Waals surface area contributed by atoms with Crippen molar-refractivity contribution in [3.05, 3.63) is 0 Å². The third-order valence-corrected chi connectivity index (χ3v) is 3.53. The molecular formula is C8H13F3N2O5S. The molecule has 19 heavy (non-hydrogen) atoms. The highest BCUT2D eigenvalue weighted by Crippen LogP contribution is 2.17. The van der Waals surface area contributed by atoms with Gasteiger partial charge in [-0.15, -0.1) is 0 Å². The van der Waals surface area contributed by atoms with Gasteiger partial charge in [-0.05, 0) is 6.42 Å². The summed E-state index contributed by atoms with van der Waals surface area (Å²) in [5.74, 6) is -3.48. The molecule has 7 nitrogen and oxygen atoms in total. The number of halogens is 3. The van der Waals surface area contributed by atoms with Crippen molar-refractivity contribution in [3.63, 3.8) is 0 Å². The second-order valence-corrected chi connectivity index (χ2v) is 5.79. The number of aliphatic carboxylic acids is 1. The van der Waals surface area contributed by atoms with Gasteiger partial charge in [-0.1, -0.05) is 0 Å². The Bertz CT molecular complexity index is 448. The van der Waals surface area contributed by atoms with Crippen molar-refractivity contribution in [2.75, 3.05) is 19.3 Å². The van der Waals surface area contributed by atoms with Crippen LogP contribution in [0.5, 0.6) is 0 Å². The molecule has 0 aromatic rings. The quantitative estimate of drug-likeness (QED) is 0.705. The summed E-state index contributed by atoms with van der Waals surface area (Å²) in [5, 5.41) is 7.12. The lowest BCUT2D eigenvalue weighted by Crippen LogP contribution is -2.30. The number of hydrogen-bond donors (Lipinski definition) is 2. The fourth-order valence-corrected chi connectivity index (χ4v) is 2.15. The zero-order valence-electron chi connectivity index (χ0n) is 9.85. The molecule has 0 bridgehead atoms. The van der Waals surface area contributed by atoms with E-state index in [0.717, 1.165) is 6.26 Å². The summed E-state index contributed by atoms with van der Waals surface area (Å²) in [6.07, 6.45) is -3.40. The minimum atomic E-state index is -5.08. The maximum Gasteiger partial charge on any atom is 0.490 e. The largest absolute Gasteiger partial charge is 0.490 e. The lowest BCUT2D eigenvalue weighted by molar-refractivity contribution is -0.192. The molecule has 1 fully saturated rings. The van der Waals surface area contributed by atoms with Gasteiger partial charge in [0.15, 0.2) is 0 Å². The number of primary amides is 1. The minimum Gasteiger partial charge on any atom is -0.475 e.